The van der Waals surface area contributed by atoms with E-state index in [1.807, 2.05) is 23.5 Å². The lowest BCUT2D eigenvalue weighted by atomic mass is 10.1. The smallest absolute Gasteiger partial charge is 0.157 e. The topological polar surface area (TPSA) is 24.4 Å². The van der Waals surface area contributed by atoms with Crippen LogP contribution in [0.1, 0.15) is 33.6 Å². The molecule has 0 saturated heterocycles. The normalized spacial score (nSPS) is 22.3. The van der Waals surface area contributed by atoms with Gasteiger partial charge in [0.1, 0.15) is 0 Å². The molecular formula is C12H24N2S2. The molecule has 0 aromatic rings. The second-order valence-electron chi connectivity index (χ2n) is 4.73. The molecule has 0 aromatic carbocycles. The van der Waals surface area contributed by atoms with Crippen LogP contribution < -0.4 is 5.32 Å². The van der Waals surface area contributed by atoms with Gasteiger partial charge in [0.05, 0.1) is 6.04 Å². The van der Waals surface area contributed by atoms with Crippen LogP contribution in [0, 0.1) is 5.92 Å². The molecule has 0 bridgehead atoms. The van der Waals surface area contributed by atoms with Crippen LogP contribution in [0.25, 0.3) is 0 Å². The Morgan fingerprint density at radius 1 is 1.56 bits per heavy atom. The van der Waals surface area contributed by atoms with Crippen LogP contribution in [0.5, 0.6) is 0 Å². The molecule has 1 rings (SSSR count). The van der Waals surface area contributed by atoms with Gasteiger partial charge in [-0.05, 0) is 25.0 Å². The summed E-state index contributed by atoms with van der Waals surface area (Å²) in [7, 11) is 0. The number of rotatable bonds is 6. The molecule has 0 aromatic heterocycles. The van der Waals surface area contributed by atoms with Gasteiger partial charge in [-0.2, -0.15) is 11.8 Å². The Bertz CT molecular complexity index is 229. The van der Waals surface area contributed by atoms with Gasteiger partial charge in [0.25, 0.3) is 0 Å². The third-order valence-electron chi connectivity index (χ3n) is 2.64. The fourth-order valence-electron chi connectivity index (χ4n) is 1.80. The summed E-state index contributed by atoms with van der Waals surface area (Å²) < 4.78 is 0. The van der Waals surface area contributed by atoms with Gasteiger partial charge in [0.2, 0.25) is 0 Å². The van der Waals surface area contributed by atoms with E-state index >= 15 is 0 Å². The van der Waals surface area contributed by atoms with Gasteiger partial charge in [-0.1, -0.05) is 32.5 Å². The quantitative estimate of drug-likeness (QED) is 0.793. The molecule has 2 unspecified atom stereocenters. The maximum atomic E-state index is 4.76. The van der Waals surface area contributed by atoms with Gasteiger partial charge in [-0.15, -0.1) is 0 Å². The maximum Gasteiger partial charge on any atom is 0.157 e. The third-order valence-corrected chi connectivity index (χ3v) is 4.43. The van der Waals surface area contributed by atoms with E-state index in [-0.39, 0.29) is 0 Å². The summed E-state index contributed by atoms with van der Waals surface area (Å²) in [6, 6.07) is 1.12. The van der Waals surface area contributed by atoms with Crippen molar-refractivity contribution in [1.82, 2.24) is 5.32 Å². The van der Waals surface area contributed by atoms with Crippen molar-refractivity contribution < 1.29 is 0 Å². The van der Waals surface area contributed by atoms with E-state index in [0.29, 0.717) is 12.1 Å². The van der Waals surface area contributed by atoms with Crippen molar-refractivity contribution in [3.05, 3.63) is 0 Å². The van der Waals surface area contributed by atoms with Crippen LogP contribution in [0.15, 0.2) is 4.99 Å². The molecule has 4 heteroatoms. The van der Waals surface area contributed by atoms with Gasteiger partial charge in [-0.3, -0.25) is 4.99 Å². The Hall–Kier alpha value is 0.170. The van der Waals surface area contributed by atoms with Crippen LogP contribution in [0.3, 0.4) is 0 Å². The molecule has 0 aliphatic carbocycles. The monoisotopic (exact) mass is 260 g/mol. The molecule has 2 nitrogen and oxygen atoms in total. The van der Waals surface area contributed by atoms with Crippen LogP contribution in [0.2, 0.25) is 0 Å². The number of aliphatic imine (C=N–C) groups is 1. The van der Waals surface area contributed by atoms with Gasteiger partial charge < -0.3 is 5.32 Å². The summed E-state index contributed by atoms with van der Waals surface area (Å²) in [6.07, 6.45) is 4.56. The first kappa shape index (κ1) is 14.2. The van der Waals surface area contributed by atoms with Crippen LogP contribution in [0.4, 0.5) is 0 Å². The SMILES string of the molecule is CCC(CSC)NC1=NC(CC(C)C)CS1. The second-order valence-corrected chi connectivity index (χ2v) is 6.65. The minimum absolute atomic E-state index is 0.541. The Morgan fingerprint density at radius 3 is 2.88 bits per heavy atom. The van der Waals surface area contributed by atoms with Crippen molar-refractivity contribution in [2.45, 2.75) is 45.7 Å². The zero-order chi connectivity index (χ0) is 12.0. The number of hydrogen-bond acceptors (Lipinski definition) is 4. The number of nitrogens with one attached hydrogen (secondary N) is 1. The summed E-state index contributed by atoms with van der Waals surface area (Å²) in [5.41, 5.74) is 0. The molecule has 94 valence electrons. The zero-order valence-corrected chi connectivity index (χ0v) is 12.5. The maximum absolute atomic E-state index is 4.76. The largest absolute Gasteiger partial charge is 0.361 e. The summed E-state index contributed by atoms with van der Waals surface area (Å²) in [5.74, 6) is 3.09. The predicted molar refractivity (Wildman–Crippen MR) is 78.7 cm³/mol. The number of hydrogen-bond donors (Lipinski definition) is 1. The number of thioether (sulfide) groups is 2. The number of amidine groups is 1. The first-order valence-corrected chi connectivity index (χ1v) is 8.49. The van der Waals surface area contributed by atoms with Gasteiger partial charge in [0, 0.05) is 17.5 Å². The highest BCUT2D eigenvalue weighted by atomic mass is 32.2. The summed E-state index contributed by atoms with van der Waals surface area (Å²) in [5, 5.41) is 4.73. The molecule has 1 aliphatic rings. The van der Waals surface area contributed by atoms with E-state index in [1.54, 1.807) is 0 Å². The molecule has 16 heavy (non-hydrogen) atoms. The van der Waals surface area contributed by atoms with Crippen molar-refractivity contribution >= 4 is 28.7 Å². The van der Waals surface area contributed by atoms with Gasteiger partial charge >= 0.3 is 0 Å². The lowest BCUT2D eigenvalue weighted by Gasteiger charge is -2.15. The van der Waals surface area contributed by atoms with Gasteiger partial charge in [-0.25, -0.2) is 0 Å². The fraction of sp³-hybridized carbons (Fsp3) is 0.917. The van der Waals surface area contributed by atoms with Crippen molar-refractivity contribution in [3.8, 4) is 0 Å². The molecule has 1 aliphatic heterocycles. The Labute approximate surface area is 108 Å². The average Bonchev–Trinajstić information content (AvgIpc) is 2.64. The number of nitrogens with zero attached hydrogens (tertiary/aromatic N) is 1. The highest BCUT2D eigenvalue weighted by Gasteiger charge is 2.20. The first-order chi connectivity index (χ1) is 7.65. The zero-order valence-electron chi connectivity index (χ0n) is 10.8. The van der Waals surface area contributed by atoms with Crippen LogP contribution in [-0.2, 0) is 0 Å². The van der Waals surface area contributed by atoms with Crippen LogP contribution >= 0.6 is 23.5 Å². The Morgan fingerprint density at radius 2 is 2.31 bits per heavy atom. The lowest BCUT2D eigenvalue weighted by molar-refractivity contribution is 0.528. The summed E-state index contributed by atoms with van der Waals surface area (Å²) in [6.45, 7) is 6.78. The second kappa shape index (κ2) is 7.49. The molecule has 0 radical (unpaired) electrons. The standard InChI is InChI=1S/C12H24N2S2/c1-5-10(7-15-4)13-12-14-11(8-16-12)6-9(2)3/h9-11H,5-8H2,1-4H3,(H,13,14). The summed E-state index contributed by atoms with van der Waals surface area (Å²) >= 11 is 3.79. The first-order valence-electron chi connectivity index (χ1n) is 6.11. The fourth-order valence-corrected chi connectivity index (χ4v) is 3.55. The molecule has 2 atom stereocenters. The predicted octanol–water partition coefficient (Wildman–Crippen LogP) is 3.24. The summed E-state index contributed by atoms with van der Waals surface area (Å²) in [4.78, 5) is 4.76. The van der Waals surface area contributed by atoms with Crippen molar-refractivity contribution in [2.24, 2.45) is 10.9 Å². The van der Waals surface area contributed by atoms with E-state index in [1.165, 1.54) is 23.8 Å². The Balaban J connectivity index is 2.37. The van der Waals surface area contributed by atoms with Crippen molar-refractivity contribution in [2.75, 3.05) is 17.8 Å². The molecular weight excluding hydrogens is 236 g/mol. The van der Waals surface area contributed by atoms with E-state index in [9.17, 15) is 0 Å². The molecule has 0 fully saturated rings. The highest BCUT2D eigenvalue weighted by molar-refractivity contribution is 8.14. The molecule has 0 saturated carbocycles. The Kier molecular flexibility index (Phi) is 6.66. The van der Waals surface area contributed by atoms with E-state index in [2.05, 4.69) is 32.3 Å². The van der Waals surface area contributed by atoms with Crippen molar-refractivity contribution in [3.63, 3.8) is 0 Å². The van der Waals surface area contributed by atoms with Crippen molar-refractivity contribution in [1.29, 1.82) is 0 Å². The van der Waals surface area contributed by atoms with E-state index in [4.69, 9.17) is 4.99 Å². The molecule has 0 amide bonds. The lowest BCUT2D eigenvalue weighted by Crippen LogP contribution is -2.33. The molecule has 1 heterocycles. The van der Waals surface area contributed by atoms with E-state index < -0.39 is 0 Å². The molecule has 1 N–H and O–H groups in total. The van der Waals surface area contributed by atoms with E-state index in [0.717, 1.165) is 11.7 Å². The minimum atomic E-state index is 0.541. The molecule has 0 spiro atoms. The van der Waals surface area contributed by atoms with Crippen LogP contribution in [-0.4, -0.2) is 35.0 Å². The van der Waals surface area contributed by atoms with Gasteiger partial charge in [0.15, 0.2) is 5.17 Å². The highest BCUT2D eigenvalue weighted by Crippen LogP contribution is 2.22. The average molecular weight is 260 g/mol. The third kappa shape index (κ3) is 5.00. The minimum Gasteiger partial charge on any atom is -0.361 e.